The zero-order valence-electron chi connectivity index (χ0n) is 10.4. The smallest absolute Gasteiger partial charge is 0.341 e. The van der Waals surface area contributed by atoms with Gasteiger partial charge in [0.25, 0.3) is 0 Å². The number of carbonyl (C=O) groups is 1. The molecule has 0 fully saturated rings. The number of nitrogens with zero attached hydrogens (tertiary/aromatic N) is 2. The molecule has 19 heavy (non-hydrogen) atoms. The van der Waals surface area contributed by atoms with Crippen molar-refractivity contribution in [3.8, 4) is 11.5 Å². The van der Waals surface area contributed by atoms with Crippen molar-refractivity contribution in [1.29, 1.82) is 0 Å². The summed E-state index contributed by atoms with van der Waals surface area (Å²) in [6.45, 7) is 0.271. The minimum absolute atomic E-state index is 0.392. The van der Waals surface area contributed by atoms with E-state index < -0.39 is 12.6 Å². The Hall–Kier alpha value is -2.50. The Morgan fingerprint density at radius 3 is 2.89 bits per heavy atom. The fourth-order valence-electron chi connectivity index (χ4n) is 1.66. The largest absolute Gasteiger partial charge is 0.493 e. The SMILES string of the molecule is COc1cc(Cn2ccnc2)ccc1OCC(=O)O. The first-order valence-electron chi connectivity index (χ1n) is 5.66. The van der Waals surface area contributed by atoms with Crippen molar-refractivity contribution in [2.45, 2.75) is 6.54 Å². The minimum atomic E-state index is -1.02. The summed E-state index contributed by atoms with van der Waals surface area (Å²) in [5.41, 5.74) is 1.01. The highest BCUT2D eigenvalue weighted by Crippen LogP contribution is 2.28. The number of aliphatic carboxylic acids is 1. The highest BCUT2D eigenvalue weighted by Gasteiger charge is 2.08. The molecule has 1 heterocycles. The summed E-state index contributed by atoms with van der Waals surface area (Å²) in [5, 5.41) is 8.59. The highest BCUT2D eigenvalue weighted by atomic mass is 16.5. The van der Waals surface area contributed by atoms with E-state index in [9.17, 15) is 4.79 Å². The first-order chi connectivity index (χ1) is 9.19. The molecule has 6 heteroatoms. The van der Waals surface area contributed by atoms with Crippen molar-refractivity contribution in [1.82, 2.24) is 9.55 Å². The van der Waals surface area contributed by atoms with Gasteiger partial charge in [-0.15, -0.1) is 0 Å². The number of rotatable bonds is 6. The second-order valence-corrected chi connectivity index (χ2v) is 3.90. The molecule has 6 nitrogen and oxygen atoms in total. The number of hydrogen-bond acceptors (Lipinski definition) is 4. The fourth-order valence-corrected chi connectivity index (χ4v) is 1.66. The van der Waals surface area contributed by atoms with Crippen LogP contribution in [0.2, 0.25) is 0 Å². The maximum atomic E-state index is 10.5. The average Bonchev–Trinajstić information content (AvgIpc) is 2.89. The van der Waals surface area contributed by atoms with E-state index in [0.717, 1.165) is 5.56 Å². The van der Waals surface area contributed by atoms with E-state index in [-0.39, 0.29) is 0 Å². The molecule has 0 amide bonds. The number of carboxylic acids is 1. The van der Waals surface area contributed by atoms with Crippen molar-refractivity contribution >= 4 is 5.97 Å². The van der Waals surface area contributed by atoms with Crippen LogP contribution in [-0.4, -0.2) is 34.3 Å². The first-order valence-corrected chi connectivity index (χ1v) is 5.66. The predicted octanol–water partition coefficient (Wildman–Crippen LogP) is 1.40. The van der Waals surface area contributed by atoms with Crippen LogP contribution >= 0.6 is 0 Å². The van der Waals surface area contributed by atoms with Crippen molar-refractivity contribution in [2.75, 3.05) is 13.7 Å². The van der Waals surface area contributed by atoms with Crippen LogP contribution < -0.4 is 9.47 Å². The van der Waals surface area contributed by atoms with Crippen molar-refractivity contribution in [3.05, 3.63) is 42.5 Å². The predicted molar refractivity (Wildman–Crippen MR) is 67.5 cm³/mol. The van der Waals surface area contributed by atoms with Crippen LogP contribution in [0.25, 0.3) is 0 Å². The van der Waals surface area contributed by atoms with Gasteiger partial charge in [-0.2, -0.15) is 0 Å². The van der Waals surface area contributed by atoms with Crippen LogP contribution in [-0.2, 0) is 11.3 Å². The van der Waals surface area contributed by atoms with E-state index in [1.165, 1.54) is 7.11 Å². The highest BCUT2D eigenvalue weighted by molar-refractivity contribution is 5.68. The summed E-state index contributed by atoms with van der Waals surface area (Å²) in [5.74, 6) is -0.0947. The van der Waals surface area contributed by atoms with Gasteiger partial charge in [-0.3, -0.25) is 0 Å². The van der Waals surface area contributed by atoms with Gasteiger partial charge in [0.2, 0.25) is 0 Å². The molecule has 0 bridgehead atoms. The van der Waals surface area contributed by atoms with Gasteiger partial charge in [0.15, 0.2) is 18.1 Å². The van der Waals surface area contributed by atoms with Crippen LogP contribution in [0.3, 0.4) is 0 Å². The van der Waals surface area contributed by atoms with Crippen LogP contribution in [0.15, 0.2) is 36.9 Å². The standard InChI is InChI=1S/C13H14N2O4/c1-18-12-6-10(7-15-5-4-14-9-15)2-3-11(12)19-8-13(16)17/h2-6,9H,7-8H2,1H3,(H,16,17). The summed E-state index contributed by atoms with van der Waals surface area (Å²) in [4.78, 5) is 14.4. The molecule has 0 radical (unpaired) electrons. The Labute approximate surface area is 110 Å². The zero-order chi connectivity index (χ0) is 13.7. The number of carboxylic acid groups (broad SMARTS) is 1. The molecule has 0 spiro atoms. The third-order valence-corrected chi connectivity index (χ3v) is 2.50. The zero-order valence-corrected chi connectivity index (χ0v) is 10.4. The Morgan fingerprint density at radius 2 is 2.26 bits per heavy atom. The van der Waals surface area contributed by atoms with Crippen LogP contribution in [0.1, 0.15) is 5.56 Å². The van der Waals surface area contributed by atoms with Crippen molar-refractivity contribution in [2.24, 2.45) is 0 Å². The third kappa shape index (κ3) is 3.48. The molecule has 0 saturated heterocycles. The van der Waals surface area contributed by atoms with E-state index in [2.05, 4.69) is 4.98 Å². The summed E-state index contributed by atoms with van der Waals surface area (Å²) in [6.07, 6.45) is 5.30. The van der Waals surface area contributed by atoms with Crippen molar-refractivity contribution in [3.63, 3.8) is 0 Å². The number of methoxy groups -OCH3 is 1. The number of aromatic nitrogens is 2. The second-order valence-electron chi connectivity index (χ2n) is 3.90. The van der Waals surface area contributed by atoms with E-state index in [1.807, 2.05) is 22.9 Å². The maximum absolute atomic E-state index is 10.5. The molecule has 1 aromatic carbocycles. The molecule has 0 aliphatic carbocycles. The number of imidazole rings is 1. The number of ether oxygens (including phenoxy) is 2. The van der Waals surface area contributed by atoms with Crippen molar-refractivity contribution < 1.29 is 19.4 Å². The Balaban J connectivity index is 2.13. The van der Waals surface area contributed by atoms with E-state index in [1.54, 1.807) is 18.6 Å². The molecule has 0 aliphatic heterocycles. The minimum Gasteiger partial charge on any atom is -0.493 e. The van der Waals surface area contributed by atoms with Gasteiger partial charge in [0.1, 0.15) is 0 Å². The first kappa shape index (κ1) is 12.9. The molecule has 2 aromatic rings. The Morgan fingerprint density at radius 1 is 1.42 bits per heavy atom. The second kappa shape index (κ2) is 5.90. The van der Waals surface area contributed by atoms with Gasteiger partial charge in [-0.1, -0.05) is 6.07 Å². The lowest BCUT2D eigenvalue weighted by atomic mass is 10.2. The summed E-state index contributed by atoms with van der Waals surface area (Å²) >= 11 is 0. The quantitative estimate of drug-likeness (QED) is 0.851. The third-order valence-electron chi connectivity index (χ3n) is 2.50. The monoisotopic (exact) mass is 262 g/mol. The molecular weight excluding hydrogens is 248 g/mol. The van der Waals surface area contributed by atoms with Gasteiger partial charge in [0, 0.05) is 18.9 Å². The normalized spacial score (nSPS) is 10.2. The maximum Gasteiger partial charge on any atom is 0.341 e. The van der Waals surface area contributed by atoms with E-state index in [4.69, 9.17) is 14.6 Å². The summed E-state index contributed by atoms with van der Waals surface area (Å²) in [7, 11) is 1.52. The molecule has 2 rings (SSSR count). The van der Waals surface area contributed by atoms with Gasteiger partial charge < -0.3 is 19.1 Å². The van der Waals surface area contributed by atoms with Gasteiger partial charge >= 0.3 is 5.97 Å². The lowest BCUT2D eigenvalue weighted by Gasteiger charge is -2.11. The van der Waals surface area contributed by atoms with Crippen LogP contribution in [0.4, 0.5) is 0 Å². The lowest BCUT2D eigenvalue weighted by molar-refractivity contribution is -0.139. The van der Waals surface area contributed by atoms with Gasteiger partial charge in [-0.25, -0.2) is 9.78 Å². The van der Waals surface area contributed by atoms with Crippen LogP contribution in [0.5, 0.6) is 11.5 Å². The summed E-state index contributed by atoms with van der Waals surface area (Å²) < 4.78 is 12.3. The molecule has 0 saturated carbocycles. The molecule has 1 aromatic heterocycles. The van der Waals surface area contributed by atoms with E-state index in [0.29, 0.717) is 18.0 Å². The average molecular weight is 262 g/mol. The van der Waals surface area contributed by atoms with Gasteiger partial charge in [0.05, 0.1) is 13.4 Å². The fraction of sp³-hybridized carbons (Fsp3) is 0.231. The molecule has 0 unspecified atom stereocenters. The molecular formula is C13H14N2O4. The number of benzene rings is 1. The topological polar surface area (TPSA) is 73.6 Å². The lowest BCUT2D eigenvalue weighted by Crippen LogP contribution is -2.10. The Bertz CT molecular complexity index is 552. The molecule has 0 atom stereocenters. The molecule has 100 valence electrons. The Kier molecular flexibility index (Phi) is 4.02. The van der Waals surface area contributed by atoms with E-state index >= 15 is 0 Å². The van der Waals surface area contributed by atoms with Crippen LogP contribution in [0, 0.1) is 0 Å². The number of hydrogen-bond donors (Lipinski definition) is 1. The summed E-state index contributed by atoms with van der Waals surface area (Å²) in [6, 6.07) is 5.38. The molecule has 0 aliphatic rings. The molecule has 1 N–H and O–H groups in total. The van der Waals surface area contributed by atoms with Gasteiger partial charge in [-0.05, 0) is 17.7 Å².